The minimum absolute atomic E-state index is 0.116. The van der Waals surface area contributed by atoms with E-state index in [1.807, 2.05) is 13.0 Å². The second-order valence-corrected chi connectivity index (χ2v) is 6.46. The Labute approximate surface area is 161 Å². The molecule has 0 aliphatic heterocycles. The molecule has 142 valence electrons. The number of rotatable bonds is 7. The van der Waals surface area contributed by atoms with E-state index < -0.39 is 16.9 Å². The molecule has 0 aliphatic carbocycles. The van der Waals surface area contributed by atoms with Gasteiger partial charge in [-0.05, 0) is 37.1 Å². The van der Waals surface area contributed by atoms with E-state index in [0.717, 1.165) is 5.56 Å². The van der Waals surface area contributed by atoms with E-state index in [9.17, 15) is 19.7 Å². The molecule has 2 amide bonds. The van der Waals surface area contributed by atoms with Crippen molar-refractivity contribution in [2.45, 2.75) is 32.4 Å². The molecule has 27 heavy (non-hydrogen) atoms. The van der Waals surface area contributed by atoms with Gasteiger partial charge in [-0.3, -0.25) is 19.7 Å². The fourth-order valence-electron chi connectivity index (χ4n) is 2.55. The SMILES string of the molecule is CCC(NC(=O)C(C)NC(=O)c1cccc([N+](=O)[O-])c1)c1cccc(Cl)c1. The van der Waals surface area contributed by atoms with Gasteiger partial charge in [-0.15, -0.1) is 0 Å². The average molecular weight is 390 g/mol. The first-order chi connectivity index (χ1) is 12.8. The number of nitrogens with zero attached hydrogens (tertiary/aromatic N) is 1. The molecule has 2 aromatic rings. The third-order valence-electron chi connectivity index (χ3n) is 4.04. The molecule has 2 unspecified atom stereocenters. The highest BCUT2D eigenvalue weighted by Crippen LogP contribution is 2.20. The molecule has 2 aromatic carbocycles. The van der Waals surface area contributed by atoms with Gasteiger partial charge in [-0.2, -0.15) is 0 Å². The number of benzene rings is 2. The van der Waals surface area contributed by atoms with Crippen LogP contribution < -0.4 is 10.6 Å². The number of amides is 2. The van der Waals surface area contributed by atoms with Gasteiger partial charge >= 0.3 is 0 Å². The summed E-state index contributed by atoms with van der Waals surface area (Å²) in [5.74, 6) is -0.919. The number of non-ortho nitro benzene ring substituents is 1. The molecule has 0 spiro atoms. The van der Waals surface area contributed by atoms with E-state index in [2.05, 4.69) is 10.6 Å². The first-order valence-electron chi connectivity index (χ1n) is 8.43. The van der Waals surface area contributed by atoms with E-state index in [4.69, 9.17) is 11.6 Å². The molecule has 0 aliphatic rings. The predicted molar refractivity (Wildman–Crippen MR) is 103 cm³/mol. The van der Waals surface area contributed by atoms with Crippen LogP contribution in [0.25, 0.3) is 0 Å². The Kier molecular flexibility index (Phi) is 6.90. The number of nitro groups is 1. The summed E-state index contributed by atoms with van der Waals surface area (Å²) in [7, 11) is 0. The van der Waals surface area contributed by atoms with Crippen LogP contribution in [0, 0.1) is 10.1 Å². The van der Waals surface area contributed by atoms with Crippen LogP contribution in [-0.4, -0.2) is 22.8 Å². The van der Waals surface area contributed by atoms with Crippen LogP contribution in [0.5, 0.6) is 0 Å². The van der Waals surface area contributed by atoms with Crippen LogP contribution >= 0.6 is 11.6 Å². The minimum Gasteiger partial charge on any atom is -0.348 e. The van der Waals surface area contributed by atoms with Crippen molar-refractivity contribution in [3.8, 4) is 0 Å². The Hall–Kier alpha value is -2.93. The van der Waals surface area contributed by atoms with E-state index in [-0.39, 0.29) is 23.2 Å². The highest BCUT2D eigenvalue weighted by Gasteiger charge is 2.21. The minimum atomic E-state index is -0.815. The molecule has 0 saturated carbocycles. The second kappa shape index (κ2) is 9.14. The summed E-state index contributed by atoms with van der Waals surface area (Å²) in [5, 5.41) is 16.8. The van der Waals surface area contributed by atoms with Crippen LogP contribution in [-0.2, 0) is 4.79 Å². The Morgan fingerprint density at radius 2 is 1.85 bits per heavy atom. The molecule has 0 bridgehead atoms. The van der Waals surface area contributed by atoms with E-state index in [1.54, 1.807) is 25.1 Å². The zero-order valence-electron chi connectivity index (χ0n) is 14.9. The van der Waals surface area contributed by atoms with Gasteiger partial charge in [0.05, 0.1) is 11.0 Å². The maximum absolute atomic E-state index is 12.4. The lowest BCUT2D eigenvalue weighted by atomic mass is 10.0. The second-order valence-electron chi connectivity index (χ2n) is 6.03. The average Bonchev–Trinajstić information content (AvgIpc) is 2.65. The van der Waals surface area contributed by atoms with Crippen molar-refractivity contribution in [3.05, 3.63) is 74.8 Å². The normalized spacial score (nSPS) is 12.7. The van der Waals surface area contributed by atoms with Crippen molar-refractivity contribution in [2.75, 3.05) is 0 Å². The lowest BCUT2D eigenvalue weighted by molar-refractivity contribution is -0.384. The van der Waals surface area contributed by atoms with Gasteiger partial charge in [-0.25, -0.2) is 0 Å². The van der Waals surface area contributed by atoms with Crippen LogP contribution in [0.3, 0.4) is 0 Å². The van der Waals surface area contributed by atoms with E-state index in [0.29, 0.717) is 11.4 Å². The van der Waals surface area contributed by atoms with Gasteiger partial charge < -0.3 is 10.6 Å². The fraction of sp³-hybridized carbons (Fsp3) is 0.263. The predicted octanol–water partition coefficient (Wildman–Crippen LogP) is 3.63. The summed E-state index contributed by atoms with van der Waals surface area (Å²) in [4.78, 5) is 35.0. The molecule has 2 rings (SSSR count). The standard InChI is InChI=1S/C19H20ClN3O4/c1-3-17(13-6-4-8-15(20)10-13)22-18(24)12(2)21-19(25)14-7-5-9-16(11-14)23(26)27/h4-12,17H,3H2,1-2H3,(H,21,25)(H,22,24). The largest absolute Gasteiger partial charge is 0.348 e. The first kappa shape index (κ1) is 20.4. The van der Waals surface area contributed by atoms with Gasteiger partial charge in [0.1, 0.15) is 6.04 Å². The highest BCUT2D eigenvalue weighted by molar-refractivity contribution is 6.30. The Bertz CT molecular complexity index is 856. The number of carbonyl (C=O) groups excluding carboxylic acids is 2. The van der Waals surface area contributed by atoms with Crippen LogP contribution in [0.1, 0.15) is 42.2 Å². The molecule has 0 fully saturated rings. The smallest absolute Gasteiger partial charge is 0.270 e. The van der Waals surface area contributed by atoms with Crippen molar-refractivity contribution in [1.82, 2.24) is 10.6 Å². The van der Waals surface area contributed by atoms with Crippen molar-refractivity contribution in [2.24, 2.45) is 0 Å². The van der Waals surface area contributed by atoms with Crippen molar-refractivity contribution in [1.29, 1.82) is 0 Å². The van der Waals surface area contributed by atoms with Crippen molar-refractivity contribution >= 4 is 29.1 Å². The number of hydrogen-bond donors (Lipinski definition) is 2. The lowest BCUT2D eigenvalue weighted by Gasteiger charge is -2.21. The topological polar surface area (TPSA) is 101 Å². The molecular formula is C19H20ClN3O4. The molecular weight excluding hydrogens is 370 g/mol. The molecule has 8 heteroatoms. The number of carbonyl (C=O) groups is 2. The van der Waals surface area contributed by atoms with Crippen molar-refractivity contribution < 1.29 is 14.5 Å². The van der Waals surface area contributed by atoms with Crippen molar-refractivity contribution in [3.63, 3.8) is 0 Å². The zero-order valence-corrected chi connectivity index (χ0v) is 15.7. The summed E-state index contributed by atoms with van der Waals surface area (Å²) < 4.78 is 0. The Morgan fingerprint density at radius 1 is 1.15 bits per heavy atom. The molecule has 0 radical (unpaired) electrons. The molecule has 2 N–H and O–H groups in total. The molecule has 2 atom stereocenters. The molecule has 0 saturated heterocycles. The summed E-state index contributed by atoms with van der Waals surface area (Å²) in [6, 6.07) is 11.5. The monoisotopic (exact) mass is 389 g/mol. The summed E-state index contributed by atoms with van der Waals surface area (Å²) in [6.45, 7) is 3.48. The van der Waals surface area contributed by atoms with E-state index in [1.165, 1.54) is 24.3 Å². The highest BCUT2D eigenvalue weighted by atomic mass is 35.5. The zero-order chi connectivity index (χ0) is 20.0. The van der Waals surface area contributed by atoms with Gasteiger partial charge in [-0.1, -0.05) is 36.7 Å². The van der Waals surface area contributed by atoms with Crippen LogP contribution in [0.2, 0.25) is 5.02 Å². The summed E-state index contributed by atoms with van der Waals surface area (Å²) in [6.07, 6.45) is 0.650. The third-order valence-corrected chi connectivity index (χ3v) is 4.27. The van der Waals surface area contributed by atoms with Crippen LogP contribution in [0.4, 0.5) is 5.69 Å². The maximum atomic E-state index is 12.4. The Morgan fingerprint density at radius 3 is 2.48 bits per heavy atom. The number of nitro benzene ring substituents is 1. The van der Waals surface area contributed by atoms with Gasteiger partial charge in [0.15, 0.2) is 0 Å². The number of hydrogen-bond acceptors (Lipinski definition) is 4. The summed E-state index contributed by atoms with van der Waals surface area (Å²) in [5.41, 5.74) is 0.799. The van der Waals surface area contributed by atoms with Gasteiger partial charge in [0, 0.05) is 22.7 Å². The van der Waals surface area contributed by atoms with Crippen LogP contribution in [0.15, 0.2) is 48.5 Å². The maximum Gasteiger partial charge on any atom is 0.270 e. The first-order valence-corrected chi connectivity index (χ1v) is 8.80. The third kappa shape index (κ3) is 5.52. The summed E-state index contributed by atoms with van der Waals surface area (Å²) >= 11 is 6.00. The Balaban J connectivity index is 2.03. The van der Waals surface area contributed by atoms with Gasteiger partial charge in [0.25, 0.3) is 11.6 Å². The molecule has 0 aromatic heterocycles. The van der Waals surface area contributed by atoms with Gasteiger partial charge in [0.2, 0.25) is 5.91 Å². The fourth-order valence-corrected chi connectivity index (χ4v) is 2.75. The van der Waals surface area contributed by atoms with E-state index >= 15 is 0 Å². The number of halogens is 1. The quantitative estimate of drug-likeness (QED) is 0.557. The molecule has 0 heterocycles. The molecule has 7 nitrogen and oxygen atoms in total. The lowest BCUT2D eigenvalue weighted by Crippen LogP contribution is -2.45. The number of nitrogens with one attached hydrogen (secondary N) is 2.